The van der Waals surface area contributed by atoms with Crippen molar-refractivity contribution in [3.63, 3.8) is 0 Å². The summed E-state index contributed by atoms with van der Waals surface area (Å²) in [5.41, 5.74) is 0.922. The molecule has 8 nitrogen and oxygen atoms in total. The van der Waals surface area contributed by atoms with E-state index >= 15 is 0 Å². The highest BCUT2D eigenvalue weighted by Gasteiger charge is 2.63. The summed E-state index contributed by atoms with van der Waals surface area (Å²) in [5.74, 6) is -2.24. The highest BCUT2D eigenvalue weighted by molar-refractivity contribution is 7.86. The van der Waals surface area contributed by atoms with Crippen LogP contribution < -0.4 is 0 Å². The molecule has 156 valence electrons. The molecule has 0 saturated carbocycles. The Morgan fingerprint density at radius 3 is 2.46 bits per heavy atom. The van der Waals surface area contributed by atoms with Gasteiger partial charge in [-0.3, -0.25) is 4.18 Å². The average Bonchev–Trinajstić information content (AvgIpc) is 3.11. The molecule has 2 aliphatic rings. The van der Waals surface area contributed by atoms with Crippen molar-refractivity contribution in [2.24, 2.45) is 0 Å². The second-order valence-electron chi connectivity index (χ2n) is 7.35. The molecule has 0 aromatic heterocycles. The number of hydrogen-bond donors (Lipinski definition) is 1. The Balaban J connectivity index is 1.74. The molecule has 28 heavy (non-hydrogen) atoms. The molecule has 0 unspecified atom stereocenters. The molecular weight excluding hydrogens is 388 g/mol. The summed E-state index contributed by atoms with van der Waals surface area (Å²) in [6.45, 7) is 8.53. The van der Waals surface area contributed by atoms with E-state index in [0.717, 1.165) is 5.56 Å². The van der Waals surface area contributed by atoms with Gasteiger partial charge in [0.2, 0.25) is 5.79 Å². The molecule has 1 aromatic rings. The molecule has 9 heteroatoms. The molecular formula is C19H26O8S. The highest BCUT2D eigenvalue weighted by atomic mass is 32.2. The second kappa shape index (κ2) is 7.49. The summed E-state index contributed by atoms with van der Waals surface area (Å²) < 4.78 is 52.8. The molecule has 0 radical (unpaired) electrons. The van der Waals surface area contributed by atoms with Gasteiger partial charge < -0.3 is 24.1 Å². The summed E-state index contributed by atoms with van der Waals surface area (Å²) in [6, 6.07) is 6.23. The standard InChI is InChI=1S/C19H26O8S/c1-6-19(23-5)17-16(25-18(3,4)27-17)15(26-19)14(20)11-24-28(21,22)13-9-7-12(2)8-10-13/h6-10,14-17,20H,1,11H2,2-5H3/t14-,15+,16-,17-,19-/m0/s1. The van der Waals surface area contributed by atoms with E-state index in [9.17, 15) is 13.5 Å². The lowest BCUT2D eigenvalue weighted by Crippen LogP contribution is -2.43. The summed E-state index contributed by atoms with van der Waals surface area (Å²) in [5, 5.41) is 10.6. The van der Waals surface area contributed by atoms with Gasteiger partial charge in [0, 0.05) is 7.11 Å². The first-order valence-corrected chi connectivity index (χ1v) is 10.3. The lowest BCUT2D eigenvalue weighted by atomic mass is 10.0. The lowest BCUT2D eigenvalue weighted by Gasteiger charge is -2.31. The van der Waals surface area contributed by atoms with Crippen LogP contribution in [0.1, 0.15) is 19.4 Å². The number of aliphatic hydroxyl groups excluding tert-OH is 1. The summed E-state index contributed by atoms with van der Waals surface area (Å²) in [7, 11) is -2.59. The molecule has 5 atom stereocenters. The minimum absolute atomic E-state index is 0.00873. The fourth-order valence-corrected chi connectivity index (χ4v) is 4.35. The SMILES string of the molecule is C=C[C@]1(OC)O[C@H]([C@@H](O)COS(=O)(=O)c2ccc(C)cc2)[C@@H]2OC(C)(C)O[C@@H]21. The zero-order valence-corrected chi connectivity index (χ0v) is 17.1. The van der Waals surface area contributed by atoms with E-state index in [2.05, 4.69) is 6.58 Å². The van der Waals surface area contributed by atoms with Crippen LogP contribution in [0.4, 0.5) is 0 Å². The van der Waals surface area contributed by atoms with Crippen LogP contribution in [-0.2, 0) is 33.2 Å². The van der Waals surface area contributed by atoms with Crippen molar-refractivity contribution in [1.82, 2.24) is 0 Å². The largest absolute Gasteiger partial charge is 0.388 e. The number of rotatable bonds is 7. The number of benzene rings is 1. The van der Waals surface area contributed by atoms with Crippen molar-refractivity contribution in [3.05, 3.63) is 42.5 Å². The van der Waals surface area contributed by atoms with Crippen LogP contribution in [0.25, 0.3) is 0 Å². The molecule has 1 N–H and O–H groups in total. The van der Waals surface area contributed by atoms with Crippen molar-refractivity contribution in [1.29, 1.82) is 0 Å². The zero-order valence-electron chi connectivity index (χ0n) is 16.3. The van der Waals surface area contributed by atoms with E-state index in [-0.39, 0.29) is 4.90 Å². The molecule has 0 amide bonds. The van der Waals surface area contributed by atoms with E-state index < -0.39 is 52.7 Å². The van der Waals surface area contributed by atoms with Crippen LogP contribution in [0.2, 0.25) is 0 Å². The lowest BCUT2D eigenvalue weighted by molar-refractivity contribution is -0.271. The van der Waals surface area contributed by atoms with E-state index in [4.69, 9.17) is 23.1 Å². The van der Waals surface area contributed by atoms with Gasteiger partial charge in [-0.05, 0) is 39.0 Å². The van der Waals surface area contributed by atoms with Gasteiger partial charge in [0.25, 0.3) is 10.1 Å². The molecule has 1 aromatic carbocycles. The molecule has 3 rings (SSSR count). The van der Waals surface area contributed by atoms with Crippen LogP contribution >= 0.6 is 0 Å². The number of fused-ring (bicyclic) bond motifs is 1. The van der Waals surface area contributed by atoms with Gasteiger partial charge in [0.1, 0.15) is 24.4 Å². The fourth-order valence-electron chi connectivity index (χ4n) is 3.42. The predicted molar refractivity (Wildman–Crippen MR) is 99.0 cm³/mol. The number of hydrogen-bond acceptors (Lipinski definition) is 8. The minimum Gasteiger partial charge on any atom is -0.388 e. The molecule has 0 aliphatic carbocycles. The molecule has 2 aliphatic heterocycles. The Kier molecular flexibility index (Phi) is 5.72. The van der Waals surface area contributed by atoms with Crippen LogP contribution in [0, 0.1) is 6.92 Å². The summed E-state index contributed by atoms with van der Waals surface area (Å²) >= 11 is 0. The quantitative estimate of drug-likeness (QED) is 0.529. The summed E-state index contributed by atoms with van der Waals surface area (Å²) in [6.07, 6.45) is -2.15. The third-order valence-corrected chi connectivity index (χ3v) is 6.15. The van der Waals surface area contributed by atoms with Crippen LogP contribution in [-0.4, -0.2) is 63.2 Å². The van der Waals surface area contributed by atoms with Gasteiger partial charge in [-0.25, -0.2) is 0 Å². The third-order valence-electron chi connectivity index (χ3n) is 4.86. The first-order chi connectivity index (χ1) is 13.0. The third kappa shape index (κ3) is 3.88. The number of aryl methyl sites for hydroxylation is 1. The van der Waals surface area contributed by atoms with Gasteiger partial charge in [-0.2, -0.15) is 8.42 Å². The Morgan fingerprint density at radius 1 is 1.25 bits per heavy atom. The Hall–Kier alpha value is -1.33. The van der Waals surface area contributed by atoms with Crippen LogP contribution in [0.5, 0.6) is 0 Å². The molecule has 2 heterocycles. The molecule has 0 spiro atoms. The molecule has 2 saturated heterocycles. The Labute approximate surface area is 165 Å². The van der Waals surface area contributed by atoms with Gasteiger partial charge in [-0.15, -0.1) is 0 Å². The second-order valence-corrected chi connectivity index (χ2v) is 8.97. The maximum Gasteiger partial charge on any atom is 0.297 e. The smallest absolute Gasteiger partial charge is 0.297 e. The van der Waals surface area contributed by atoms with Crippen molar-refractivity contribution >= 4 is 10.1 Å². The summed E-state index contributed by atoms with van der Waals surface area (Å²) in [4.78, 5) is 0.00873. The number of methoxy groups -OCH3 is 1. The van der Waals surface area contributed by atoms with Crippen molar-refractivity contribution in [2.75, 3.05) is 13.7 Å². The normalized spacial score (nSPS) is 32.8. The van der Waals surface area contributed by atoms with E-state index in [1.165, 1.54) is 25.3 Å². The van der Waals surface area contributed by atoms with Gasteiger partial charge in [-0.1, -0.05) is 24.3 Å². The van der Waals surface area contributed by atoms with Gasteiger partial charge >= 0.3 is 0 Å². The van der Waals surface area contributed by atoms with E-state index in [0.29, 0.717) is 0 Å². The highest BCUT2D eigenvalue weighted by Crippen LogP contribution is 2.46. The molecule has 0 bridgehead atoms. The first kappa shape index (κ1) is 21.4. The average molecular weight is 414 g/mol. The maximum absolute atomic E-state index is 12.4. The van der Waals surface area contributed by atoms with Crippen molar-refractivity contribution in [3.8, 4) is 0 Å². The topological polar surface area (TPSA) is 101 Å². The predicted octanol–water partition coefficient (Wildman–Crippen LogP) is 1.51. The monoisotopic (exact) mass is 414 g/mol. The van der Waals surface area contributed by atoms with E-state index in [1.807, 2.05) is 6.92 Å². The first-order valence-electron chi connectivity index (χ1n) is 8.90. The van der Waals surface area contributed by atoms with Gasteiger partial charge in [0.15, 0.2) is 5.79 Å². The van der Waals surface area contributed by atoms with Crippen molar-refractivity contribution in [2.45, 2.75) is 61.7 Å². The van der Waals surface area contributed by atoms with Crippen LogP contribution in [0.15, 0.2) is 41.8 Å². The van der Waals surface area contributed by atoms with Crippen LogP contribution in [0.3, 0.4) is 0 Å². The number of aliphatic hydroxyl groups is 1. The Bertz CT molecular complexity index is 819. The van der Waals surface area contributed by atoms with Gasteiger partial charge in [0.05, 0.1) is 11.5 Å². The maximum atomic E-state index is 12.4. The fraction of sp³-hybridized carbons (Fsp3) is 0.579. The number of ether oxygens (including phenoxy) is 4. The Morgan fingerprint density at radius 2 is 1.89 bits per heavy atom. The van der Waals surface area contributed by atoms with E-state index in [1.54, 1.807) is 26.0 Å². The zero-order chi connectivity index (χ0) is 20.7. The van der Waals surface area contributed by atoms with Crippen molar-refractivity contribution < 1.29 is 36.7 Å². The molecule has 2 fully saturated rings. The minimum atomic E-state index is -4.03.